The molecule has 1 fully saturated rings. The van der Waals surface area contributed by atoms with Gasteiger partial charge in [-0.05, 0) is 38.4 Å². The molecule has 1 aliphatic heterocycles. The fourth-order valence-electron chi connectivity index (χ4n) is 2.37. The zero-order chi connectivity index (χ0) is 12.3. The van der Waals surface area contributed by atoms with E-state index >= 15 is 0 Å². The van der Waals surface area contributed by atoms with E-state index < -0.39 is 0 Å². The molecule has 1 aromatic carbocycles. The Morgan fingerprint density at radius 3 is 2.88 bits per heavy atom. The van der Waals surface area contributed by atoms with E-state index in [0.717, 1.165) is 38.2 Å². The van der Waals surface area contributed by atoms with E-state index in [4.69, 9.17) is 0 Å². The normalized spacial score (nSPS) is 25.7. The van der Waals surface area contributed by atoms with Crippen LogP contribution in [0.5, 0.6) is 0 Å². The number of nitrogens with one attached hydrogen (secondary N) is 1. The van der Waals surface area contributed by atoms with Crippen LogP contribution in [0.15, 0.2) is 24.3 Å². The molecule has 0 aromatic heterocycles. The summed E-state index contributed by atoms with van der Waals surface area (Å²) in [7, 11) is 0. The Hall–Kier alpha value is -1.09. The zero-order valence-electron chi connectivity index (χ0n) is 10.7. The minimum atomic E-state index is -0.118. The summed E-state index contributed by atoms with van der Waals surface area (Å²) in [5, 5.41) is 3.56. The van der Waals surface area contributed by atoms with Crippen LogP contribution < -0.4 is 10.2 Å². The third-order valence-corrected chi connectivity index (χ3v) is 3.67. The van der Waals surface area contributed by atoms with Gasteiger partial charge in [0.15, 0.2) is 0 Å². The largest absolute Gasteiger partial charge is 0.367 e. The molecule has 2 rings (SSSR count). The molecule has 3 heteroatoms. The van der Waals surface area contributed by atoms with Crippen LogP contribution in [0.25, 0.3) is 0 Å². The summed E-state index contributed by atoms with van der Waals surface area (Å²) in [5.74, 6) is -0.118. The lowest BCUT2D eigenvalue weighted by Crippen LogP contribution is -2.48. The van der Waals surface area contributed by atoms with E-state index in [1.807, 2.05) is 12.1 Å². The molecular formula is C14H21FN2. The molecule has 1 N–H and O–H groups in total. The van der Waals surface area contributed by atoms with E-state index in [9.17, 15) is 4.39 Å². The molecule has 1 heterocycles. The van der Waals surface area contributed by atoms with Crippen molar-refractivity contribution < 1.29 is 4.39 Å². The molecule has 0 saturated carbocycles. The first-order chi connectivity index (χ1) is 8.14. The number of hydrogen-bond acceptors (Lipinski definition) is 2. The number of rotatable bonds is 2. The Bertz CT molecular complexity index is 380. The molecule has 94 valence electrons. The Morgan fingerprint density at radius 2 is 2.18 bits per heavy atom. The third kappa shape index (κ3) is 2.78. The first kappa shape index (κ1) is 12.4. The van der Waals surface area contributed by atoms with Crippen molar-refractivity contribution in [2.45, 2.75) is 32.2 Å². The van der Waals surface area contributed by atoms with Crippen LogP contribution in [-0.2, 0) is 0 Å². The first-order valence-electron chi connectivity index (χ1n) is 6.39. The third-order valence-electron chi connectivity index (χ3n) is 3.67. The lowest BCUT2D eigenvalue weighted by molar-refractivity contribution is 0.366. The number of hydrogen-bond donors (Lipinski definition) is 1. The molecule has 0 spiro atoms. The maximum atomic E-state index is 13.8. The van der Waals surface area contributed by atoms with Gasteiger partial charge in [-0.3, -0.25) is 0 Å². The van der Waals surface area contributed by atoms with Crippen molar-refractivity contribution in [1.82, 2.24) is 5.32 Å². The second-order valence-corrected chi connectivity index (χ2v) is 5.07. The molecule has 0 aliphatic carbocycles. The van der Waals surface area contributed by atoms with Crippen LogP contribution in [0.2, 0.25) is 0 Å². The van der Waals surface area contributed by atoms with Crippen LogP contribution in [0.1, 0.15) is 26.7 Å². The summed E-state index contributed by atoms with van der Waals surface area (Å²) < 4.78 is 13.8. The predicted octanol–water partition coefficient (Wildman–Crippen LogP) is 2.79. The molecule has 17 heavy (non-hydrogen) atoms. The summed E-state index contributed by atoms with van der Waals surface area (Å²) >= 11 is 0. The molecule has 0 amide bonds. The second kappa shape index (κ2) is 5.05. The fourth-order valence-corrected chi connectivity index (χ4v) is 2.37. The van der Waals surface area contributed by atoms with Gasteiger partial charge in [0.2, 0.25) is 0 Å². The standard InChI is InChI=1S/C14H21FN2/c1-3-14(2)11-17(10-6-9-16-14)13-8-5-4-7-12(13)15/h4-5,7-8,16H,3,6,9-11H2,1-2H3. The van der Waals surface area contributed by atoms with Gasteiger partial charge in [-0.1, -0.05) is 19.1 Å². The van der Waals surface area contributed by atoms with Crippen molar-refractivity contribution in [2.24, 2.45) is 0 Å². The SMILES string of the molecule is CCC1(C)CN(c2ccccc2F)CCCN1. The minimum Gasteiger partial charge on any atom is -0.367 e. The van der Waals surface area contributed by atoms with Gasteiger partial charge < -0.3 is 10.2 Å². The Kier molecular flexibility index (Phi) is 3.67. The highest BCUT2D eigenvalue weighted by atomic mass is 19.1. The van der Waals surface area contributed by atoms with E-state index in [-0.39, 0.29) is 11.4 Å². The second-order valence-electron chi connectivity index (χ2n) is 5.07. The van der Waals surface area contributed by atoms with Crippen LogP contribution in [0.4, 0.5) is 10.1 Å². The molecule has 1 atom stereocenters. The van der Waals surface area contributed by atoms with Crippen molar-refractivity contribution >= 4 is 5.69 Å². The van der Waals surface area contributed by atoms with Crippen molar-refractivity contribution in [1.29, 1.82) is 0 Å². The zero-order valence-corrected chi connectivity index (χ0v) is 10.7. The van der Waals surface area contributed by atoms with Crippen molar-refractivity contribution in [3.05, 3.63) is 30.1 Å². The molecule has 0 radical (unpaired) electrons. The molecule has 2 nitrogen and oxygen atoms in total. The van der Waals surface area contributed by atoms with Gasteiger partial charge in [-0.2, -0.15) is 0 Å². The van der Waals surface area contributed by atoms with Crippen LogP contribution >= 0.6 is 0 Å². The van der Waals surface area contributed by atoms with E-state index in [0.29, 0.717) is 0 Å². The average molecular weight is 236 g/mol. The molecular weight excluding hydrogens is 215 g/mol. The van der Waals surface area contributed by atoms with Crippen molar-refractivity contribution in [3.63, 3.8) is 0 Å². The van der Waals surface area contributed by atoms with Crippen LogP contribution in [-0.4, -0.2) is 25.2 Å². The van der Waals surface area contributed by atoms with Gasteiger partial charge in [0.1, 0.15) is 5.82 Å². The Balaban J connectivity index is 2.23. The maximum Gasteiger partial charge on any atom is 0.146 e. The summed E-state index contributed by atoms with van der Waals surface area (Å²) in [5.41, 5.74) is 0.814. The summed E-state index contributed by atoms with van der Waals surface area (Å²) in [6, 6.07) is 7.06. The van der Waals surface area contributed by atoms with Crippen molar-refractivity contribution in [2.75, 3.05) is 24.5 Å². The number of benzene rings is 1. The molecule has 0 bridgehead atoms. The minimum absolute atomic E-state index is 0.0821. The predicted molar refractivity (Wildman–Crippen MR) is 69.9 cm³/mol. The van der Waals surface area contributed by atoms with Crippen molar-refractivity contribution in [3.8, 4) is 0 Å². The van der Waals surface area contributed by atoms with Crippen LogP contribution in [0.3, 0.4) is 0 Å². The van der Waals surface area contributed by atoms with Gasteiger partial charge in [0, 0.05) is 18.6 Å². The van der Waals surface area contributed by atoms with Gasteiger partial charge in [0.05, 0.1) is 5.69 Å². The quantitative estimate of drug-likeness (QED) is 0.849. The highest BCUT2D eigenvalue weighted by molar-refractivity contribution is 5.48. The smallest absolute Gasteiger partial charge is 0.146 e. The van der Waals surface area contributed by atoms with Crippen LogP contribution in [0, 0.1) is 5.82 Å². The lowest BCUT2D eigenvalue weighted by atomic mass is 9.98. The van der Waals surface area contributed by atoms with Gasteiger partial charge in [0.25, 0.3) is 0 Å². The number of anilines is 1. The topological polar surface area (TPSA) is 15.3 Å². The number of para-hydroxylation sites is 1. The number of nitrogens with zero attached hydrogens (tertiary/aromatic N) is 1. The molecule has 1 aromatic rings. The highest BCUT2D eigenvalue weighted by Crippen LogP contribution is 2.24. The summed E-state index contributed by atoms with van der Waals surface area (Å²) in [6.07, 6.45) is 2.11. The highest BCUT2D eigenvalue weighted by Gasteiger charge is 2.28. The van der Waals surface area contributed by atoms with E-state index in [1.165, 1.54) is 6.07 Å². The van der Waals surface area contributed by atoms with E-state index in [1.54, 1.807) is 6.07 Å². The number of halogens is 1. The Labute approximate surface area is 103 Å². The Morgan fingerprint density at radius 1 is 1.41 bits per heavy atom. The lowest BCUT2D eigenvalue weighted by Gasteiger charge is -2.34. The molecule has 1 unspecified atom stereocenters. The van der Waals surface area contributed by atoms with E-state index in [2.05, 4.69) is 24.1 Å². The summed E-state index contributed by atoms with van der Waals surface area (Å²) in [4.78, 5) is 2.17. The monoisotopic (exact) mass is 236 g/mol. The van der Waals surface area contributed by atoms with Gasteiger partial charge in [-0.15, -0.1) is 0 Å². The first-order valence-corrected chi connectivity index (χ1v) is 6.39. The fraction of sp³-hybridized carbons (Fsp3) is 0.571. The van der Waals surface area contributed by atoms with Gasteiger partial charge >= 0.3 is 0 Å². The van der Waals surface area contributed by atoms with Gasteiger partial charge in [-0.25, -0.2) is 4.39 Å². The summed E-state index contributed by atoms with van der Waals surface area (Å²) in [6.45, 7) is 7.19. The average Bonchev–Trinajstić information content (AvgIpc) is 2.53. The molecule has 1 saturated heterocycles. The molecule has 1 aliphatic rings. The maximum absolute atomic E-state index is 13.8.